The van der Waals surface area contributed by atoms with E-state index in [0.717, 1.165) is 24.2 Å². The Labute approximate surface area is 262 Å². The number of imide groups is 1. The van der Waals surface area contributed by atoms with Crippen molar-refractivity contribution in [2.24, 2.45) is 5.92 Å². The topological polar surface area (TPSA) is 226 Å². The lowest BCUT2D eigenvalue weighted by molar-refractivity contribution is -0.196. The van der Waals surface area contributed by atoms with E-state index in [-0.39, 0.29) is 28.7 Å². The van der Waals surface area contributed by atoms with Crippen LogP contribution in [0.4, 0.5) is 0 Å². The van der Waals surface area contributed by atoms with Crippen molar-refractivity contribution in [2.45, 2.75) is 79.9 Å². The number of phenolic OH excluding ortho intramolecular Hbond substituents is 2. The third-order valence-electron chi connectivity index (χ3n) is 10.8. The molecule has 2 bridgehead atoms. The van der Waals surface area contributed by atoms with Gasteiger partial charge >= 0.3 is 11.9 Å². The van der Waals surface area contributed by atoms with E-state index in [1.807, 2.05) is 6.07 Å². The van der Waals surface area contributed by atoms with E-state index in [2.05, 4.69) is 4.90 Å². The first-order valence-corrected chi connectivity index (χ1v) is 15.3. The number of likely N-dealkylation sites (tertiary alicyclic amines) is 1. The second-order valence-corrected chi connectivity index (χ2v) is 13.1. The molecule has 7 N–H and O–H groups in total. The van der Waals surface area contributed by atoms with Crippen LogP contribution < -0.4 is 4.74 Å². The van der Waals surface area contributed by atoms with Gasteiger partial charge in [-0.2, -0.15) is 0 Å². The Hall–Kier alpha value is -4.24. The molecule has 2 aromatic carbocycles. The van der Waals surface area contributed by atoms with Gasteiger partial charge < -0.3 is 40.5 Å². The van der Waals surface area contributed by atoms with Gasteiger partial charge in [0.15, 0.2) is 23.7 Å². The number of hydrogen-bond acceptors (Lipinski definition) is 11. The highest BCUT2D eigenvalue weighted by molar-refractivity contribution is 6.22. The summed E-state index contributed by atoms with van der Waals surface area (Å²) < 4.78 is 6.52. The number of ether oxygens (including phenoxy) is 1. The minimum atomic E-state index is -2.27. The molecule has 2 aromatic rings. The second-order valence-electron chi connectivity index (χ2n) is 13.1. The van der Waals surface area contributed by atoms with Gasteiger partial charge in [0.1, 0.15) is 11.9 Å². The zero-order valence-electron chi connectivity index (χ0n) is 24.6. The summed E-state index contributed by atoms with van der Waals surface area (Å²) in [5.41, 5.74) is 0.245. The van der Waals surface area contributed by atoms with E-state index in [4.69, 9.17) is 25.2 Å². The largest absolute Gasteiger partial charge is 0.507 e. The van der Waals surface area contributed by atoms with Gasteiger partial charge in [-0.1, -0.05) is 12.1 Å². The molecule has 244 valence electrons. The molecular formula is C32H34N2O12. The monoisotopic (exact) mass is 638 g/mol. The molecule has 46 heavy (non-hydrogen) atoms. The van der Waals surface area contributed by atoms with Crippen LogP contribution in [-0.2, 0) is 21.4 Å². The lowest BCUT2D eigenvalue weighted by Crippen LogP contribution is -2.78. The fourth-order valence-corrected chi connectivity index (χ4v) is 8.58. The second kappa shape index (κ2) is 10.4. The van der Waals surface area contributed by atoms with Crippen molar-refractivity contribution in [3.05, 3.63) is 52.6 Å². The molecule has 1 saturated heterocycles. The Morgan fingerprint density at radius 2 is 1.63 bits per heavy atom. The Bertz CT molecular complexity index is 1660. The van der Waals surface area contributed by atoms with Gasteiger partial charge in [-0.3, -0.25) is 19.4 Å². The molecule has 3 fully saturated rings. The highest BCUT2D eigenvalue weighted by Crippen LogP contribution is 2.66. The number of aliphatic hydroxyl groups excluding tert-OH is 2. The van der Waals surface area contributed by atoms with Crippen LogP contribution >= 0.6 is 0 Å². The highest BCUT2D eigenvalue weighted by Gasteiger charge is 2.74. The highest BCUT2D eigenvalue weighted by atomic mass is 16.5. The van der Waals surface area contributed by atoms with Gasteiger partial charge in [-0.05, 0) is 74.8 Å². The Morgan fingerprint density at radius 3 is 2.26 bits per heavy atom. The summed E-state index contributed by atoms with van der Waals surface area (Å²) in [4.78, 5) is 50.3. The van der Waals surface area contributed by atoms with E-state index in [1.165, 1.54) is 23.8 Å². The normalized spacial score (nSPS) is 31.6. The molecule has 3 unspecified atom stereocenters. The Balaban J connectivity index is 0.000000296. The van der Waals surface area contributed by atoms with Crippen LogP contribution in [0.3, 0.4) is 0 Å². The van der Waals surface area contributed by atoms with Gasteiger partial charge in [-0.25, -0.2) is 9.59 Å². The molecule has 8 rings (SSSR count). The van der Waals surface area contributed by atoms with Crippen LogP contribution in [0.25, 0.3) is 0 Å². The number of nitrogens with zero attached hydrogens (tertiary/aromatic N) is 2. The van der Waals surface area contributed by atoms with Gasteiger partial charge in [0.25, 0.3) is 11.8 Å². The number of phenols is 2. The summed E-state index contributed by atoms with van der Waals surface area (Å²) in [6.07, 6.45) is -0.585. The number of amides is 2. The maximum atomic E-state index is 13.5. The number of benzene rings is 2. The van der Waals surface area contributed by atoms with Crippen LogP contribution in [0.15, 0.2) is 30.3 Å². The number of piperidine rings is 1. The number of carboxylic acids is 2. The first-order chi connectivity index (χ1) is 21.8. The summed E-state index contributed by atoms with van der Waals surface area (Å²) in [7, 11) is 0. The molecule has 14 heteroatoms. The number of hydrogen-bond donors (Lipinski definition) is 7. The van der Waals surface area contributed by atoms with Crippen molar-refractivity contribution in [3.8, 4) is 17.2 Å². The zero-order valence-corrected chi connectivity index (χ0v) is 24.6. The molecule has 7 atom stereocenters. The summed E-state index contributed by atoms with van der Waals surface area (Å²) >= 11 is 0. The molecule has 6 aliphatic rings. The predicted molar refractivity (Wildman–Crippen MR) is 154 cm³/mol. The van der Waals surface area contributed by atoms with Crippen LogP contribution in [0.5, 0.6) is 17.2 Å². The maximum Gasteiger partial charge on any atom is 0.335 e. The van der Waals surface area contributed by atoms with Crippen LogP contribution in [-0.4, -0.2) is 118 Å². The van der Waals surface area contributed by atoms with Crippen molar-refractivity contribution in [3.63, 3.8) is 0 Å². The summed E-state index contributed by atoms with van der Waals surface area (Å²) in [6.45, 7) is 1.78. The van der Waals surface area contributed by atoms with Crippen LogP contribution in [0.1, 0.15) is 63.9 Å². The van der Waals surface area contributed by atoms with Gasteiger partial charge in [0.05, 0.1) is 28.2 Å². The fraction of sp³-hybridized carbons (Fsp3) is 0.500. The van der Waals surface area contributed by atoms with E-state index in [1.54, 1.807) is 18.2 Å². The van der Waals surface area contributed by atoms with Crippen molar-refractivity contribution in [1.29, 1.82) is 0 Å². The number of aliphatic hydroxyl groups is 3. The number of rotatable bonds is 6. The van der Waals surface area contributed by atoms with E-state index in [0.29, 0.717) is 37.4 Å². The molecule has 0 radical (unpaired) electrons. The molecule has 3 aliphatic carbocycles. The van der Waals surface area contributed by atoms with Crippen LogP contribution in [0.2, 0.25) is 0 Å². The van der Waals surface area contributed by atoms with E-state index >= 15 is 0 Å². The van der Waals surface area contributed by atoms with Crippen molar-refractivity contribution >= 4 is 23.8 Å². The standard InChI is InChI=1S/C28H28N2O6.C4H6O6/c31-18-3-1-2-16-21(18)26(34)30(25(16)33)17-8-9-28(35)20-12-15-6-7-19(32)23-22(15)27(28,24(17)36-23)10-11-29(20)13-14-4-5-14;5-1(3(7)8)2(6)4(9)10/h1-3,6-7,14,17,20,24,31-32,35H,4-5,8-13H2;1-2,5-6H,(H,7,8)(H,9,10)/t17-,20-,24+,27+,28?;/m1./s1. The SMILES string of the molecule is O=C(O)C(O)C(O)C(=O)O.O=C1c2cccc(O)c2C(=O)N1[C@@H]1CCC2(O)[C@H]3Cc4ccc(O)c5c4[C@@]2(CCN3CC2CC2)[C@H]1O5. The number of aromatic hydroxyl groups is 2. The quantitative estimate of drug-likeness (QED) is 0.210. The van der Waals surface area contributed by atoms with Gasteiger partial charge in [0, 0.05) is 18.2 Å². The first-order valence-electron chi connectivity index (χ1n) is 15.3. The first kappa shape index (κ1) is 30.4. The lowest BCUT2D eigenvalue weighted by atomic mass is 9.48. The molecule has 2 saturated carbocycles. The number of fused-ring (bicyclic) bond motifs is 1. The minimum Gasteiger partial charge on any atom is -0.507 e. The van der Waals surface area contributed by atoms with Crippen LogP contribution in [0, 0.1) is 5.92 Å². The maximum absolute atomic E-state index is 13.5. The minimum absolute atomic E-state index is 0.0255. The Kier molecular flexibility index (Phi) is 6.87. The average Bonchev–Trinajstić information content (AvgIpc) is 3.70. The van der Waals surface area contributed by atoms with Crippen molar-refractivity contribution in [2.75, 3.05) is 13.1 Å². The number of carbonyl (C=O) groups is 4. The smallest absolute Gasteiger partial charge is 0.335 e. The third-order valence-corrected chi connectivity index (χ3v) is 10.8. The summed E-state index contributed by atoms with van der Waals surface area (Å²) in [6, 6.07) is 7.45. The molecule has 1 spiro atoms. The van der Waals surface area contributed by atoms with Gasteiger partial charge in [-0.15, -0.1) is 0 Å². The summed E-state index contributed by atoms with van der Waals surface area (Å²) in [5.74, 6) is -3.61. The van der Waals surface area contributed by atoms with Crippen molar-refractivity contribution < 1.29 is 59.7 Å². The Morgan fingerprint density at radius 1 is 0.935 bits per heavy atom. The average molecular weight is 639 g/mol. The zero-order chi connectivity index (χ0) is 32.9. The fourth-order valence-electron chi connectivity index (χ4n) is 8.58. The third kappa shape index (κ3) is 4.10. The lowest BCUT2D eigenvalue weighted by Gasteiger charge is -2.64. The molecule has 2 amide bonds. The molecule has 3 heterocycles. The number of aliphatic carboxylic acids is 2. The van der Waals surface area contributed by atoms with Crippen molar-refractivity contribution in [1.82, 2.24) is 9.80 Å². The molecule has 3 aliphatic heterocycles. The van der Waals surface area contributed by atoms with E-state index in [9.17, 15) is 34.5 Å². The summed E-state index contributed by atoms with van der Waals surface area (Å²) in [5, 5.41) is 66.3. The molecular weight excluding hydrogens is 604 g/mol. The molecule has 14 nitrogen and oxygen atoms in total. The number of carboxylic acid groups (broad SMARTS) is 2. The van der Waals surface area contributed by atoms with E-state index < -0.39 is 59.1 Å². The predicted octanol–water partition coefficient (Wildman–Crippen LogP) is 0.204. The van der Waals surface area contributed by atoms with Gasteiger partial charge in [0.2, 0.25) is 0 Å². The number of carbonyl (C=O) groups excluding carboxylic acids is 2. The molecule has 0 aromatic heterocycles.